The Morgan fingerprint density at radius 2 is 1.78 bits per heavy atom. The Bertz CT molecular complexity index is 59.6. The largest absolute Gasteiger partial charge is 0.328 e. The first-order valence-corrected chi connectivity index (χ1v) is 3.92. The van der Waals surface area contributed by atoms with Crippen molar-refractivity contribution in [2.45, 2.75) is 46.1 Å². The van der Waals surface area contributed by atoms with Gasteiger partial charge in [0.2, 0.25) is 0 Å². The van der Waals surface area contributed by atoms with E-state index in [0.29, 0.717) is 6.04 Å². The molecule has 0 aromatic rings. The molecule has 0 aliphatic rings. The molecule has 0 saturated heterocycles. The molecule has 0 spiro atoms. The Balaban J connectivity index is 3.06. The minimum Gasteiger partial charge on any atom is -0.328 e. The lowest BCUT2D eigenvalue weighted by atomic mass is 10.0. The Labute approximate surface area is 58.6 Å². The zero-order chi connectivity index (χ0) is 7.28. The van der Waals surface area contributed by atoms with Crippen LogP contribution in [-0.4, -0.2) is 6.04 Å². The SMILES string of the molecule is CC[C@@H](N)CCC(C)C. The second kappa shape index (κ2) is 4.80. The highest BCUT2D eigenvalue weighted by Crippen LogP contribution is 2.06. The van der Waals surface area contributed by atoms with Crippen LogP contribution < -0.4 is 5.73 Å². The van der Waals surface area contributed by atoms with Gasteiger partial charge in [-0.15, -0.1) is 0 Å². The zero-order valence-corrected chi connectivity index (χ0v) is 6.85. The molecule has 0 aliphatic heterocycles. The lowest BCUT2D eigenvalue weighted by Crippen LogP contribution is -2.18. The fraction of sp³-hybridized carbons (Fsp3) is 1.00. The van der Waals surface area contributed by atoms with Crippen LogP contribution in [0.3, 0.4) is 0 Å². The van der Waals surface area contributed by atoms with Gasteiger partial charge in [0, 0.05) is 6.04 Å². The second-order valence-electron chi connectivity index (χ2n) is 3.14. The van der Waals surface area contributed by atoms with E-state index in [-0.39, 0.29) is 0 Å². The van der Waals surface area contributed by atoms with E-state index in [2.05, 4.69) is 20.8 Å². The molecule has 0 radical (unpaired) electrons. The van der Waals surface area contributed by atoms with Gasteiger partial charge < -0.3 is 5.73 Å². The van der Waals surface area contributed by atoms with Crippen LogP contribution in [0, 0.1) is 5.92 Å². The lowest BCUT2D eigenvalue weighted by molar-refractivity contribution is 0.489. The molecule has 0 aromatic heterocycles. The Kier molecular flexibility index (Phi) is 4.78. The van der Waals surface area contributed by atoms with Crippen LogP contribution in [0.15, 0.2) is 0 Å². The average Bonchev–Trinajstić information content (AvgIpc) is 1.83. The van der Waals surface area contributed by atoms with Gasteiger partial charge in [-0.3, -0.25) is 0 Å². The fourth-order valence-corrected chi connectivity index (χ4v) is 0.752. The molecule has 0 unspecified atom stereocenters. The normalized spacial score (nSPS) is 14.3. The van der Waals surface area contributed by atoms with Crippen molar-refractivity contribution in [2.24, 2.45) is 11.7 Å². The van der Waals surface area contributed by atoms with Gasteiger partial charge in [-0.2, -0.15) is 0 Å². The maximum Gasteiger partial charge on any atom is 0.00363 e. The van der Waals surface area contributed by atoms with Crippen LogP contribution in [0.2, 0.25) is 0 Å². The van der Waals surface area contributed by atoms with Crippen LogP contribution in [-0.2, 0) is 0 Å². The van der Waals surface area contributed by atoms with E-state index in [1.54, 1.807) is 0 Å². The molecule has 2 N–H and O–H groups in total. The minimum absolute atomic E-state index is 0.437. The Morgan fingerprint density at radius 1 is 1.22 bits per heavy atom. The number of nitrogens with two attached hydrogens (primary N) is 1. The number of rotatable bonds is 4. The molecular formula is C8H19N. The van der Waals surface area contributed by atoms with Crippen molar-refractivity contribution in [2.75, 3.05) is 0 Å². The molecule has 0 aromatic carbocycles. The average molecular weight is 129 g/mol. The quantitative estimate of drug-likeness (QED) is 0.618. The van der Waals surface area contributed by atoms with E-state index in [4.69, 9.17) is 5.73 Å². The van der Waals surface area contributed by atoms with Crippen molar-refractivity contribution >= 4 is 0 Å². The summed E-state index contributed by atoms with van der Waals surface area (Å²) >= 11 is 0. The monoisotopic (exact) mass is 129 g/mol. The first kappa shape index (κ1) is 8.96. The zero-order valence-electron chi connectivity index (χ0n) is 6.85. The first-order chi connectivity index (χ1) is 4.16. The molecular weight excluding hydrogens is 110 g/mol. The van der Waals surface area contributed by atoms with Crippen molar-refractivity contribution in [1.29, 1.82) is 0 Å². The smallest absolute Gasteiger partial charge is 0.00363 e. The minimum atomic E-state index is 0.437. The van der Waals surface area contributed by atoms with Gasteiger partial charge in [0.05, 0.1) is 0 Å². The summed E-state index contributed by atoms with van der Waals surface area (Å²) < 4.78 is 0. The summed E-state index contributed by atoms with van der Waals surface area (Å²) in [4.78, 5) is 0. The molecule has 1 nitrogen and oxygen atoms in total. The molecule has 0 rings (SSSR count). The van der Waals surface area contributed by atoms with E-state index in [0.717, 1.165) is 12.3 Å². The van der Waals surface area contributed by atoms with Gasteiger partial charge in [0.25, 0.3) is 0 Å². The van der Waals surface area contributed by atoms with Crippen LogP contribution >= 0.6 is 0 Å². The standard InChI is InChI=1S/C8H19N/c1-4-8(9)6-5-7(2)3/h7-8H,4-6,9H2,1-3H3/t8-/m1/s1. The number of hydrogen-bond donors (Lipinski definition) is 1. The van der Waals surface area contributed by atoms with Crippen LogP contribution in [0.25, 0.3) is 0 Å². The Hall–Kier alpha value is -0.0400. The summed E-state index contributed by atoms with van der Waals surface area (Å²) in [6.45, 7) is 6.62. The molecule has 0 heterocycles. The molecule has 0 aliphatic carbocycles. The summed E-state index contributed by atoms with van der Waals surface area (Å²) in [7, 11) is 0. The van der Waals surface area contributed by atoms with Crippen LogP contribution in [0.5, 0.6) is 0 Å². The van der Waals surface area contributed by atoms with Gasteiger partial charge in [-0.25, -0.2) is 0 Å². The highest BCUT2D eigenvalue weighted by Gasteiger charge is 1.99. The van der Waals surface area contributed by atoms with E-state index in [1.807, 2.05) is 0 Å². The lowest BCUT2D eigenvalue weighted by Gasteiger charge is -2.09. The summed E-state index contributed by atoms with van der Waals surface area (Å²) in [6.07, 6.45) is 3.58. The summed E-state index contributed by atoms with van der Waals surface area (Å²) in [5.74, 6) is 0.808. The van der Waals surface area contributed by atoms with Crippen molar-refractivity contribution in [3.05, 3.63) is 0 Å². The molecule has 0 saturated carbocycles. The van der Waals surface area contributed by atoms with Gasteiger partial charge in [-0.05, 0) is 25.2 Å². The maximum atomic E-state index is 5.72. The summed E-state index contributed by atoms with van der Waals surface area (Å²) in [5.41, 5.74) is 5.72. The molecule has 1 atom stereocenters. The third-order valence-corrected chi connectivity index (χ3v) is 1.64. The third kappa shape index (κ3) is 5.84. The van der Waals surface area contributed by atoms with Gasteiger partial charge in [-0.1, -0.05) is 20.8 Å². The highest BCUT2D eigenvalue weighted by molar-refractivity contribution is 4.58. The van der Waals surface area contributed by atoms with Crippen molar-refractivity contribution in [3.8, 4) is 0 Å². The summed E-state index contributed by atoms with van der Waals surface area (Å²) in [6, 6.07) is 0.437. The fourth-order valence-electron chi connectivity index (χ4n) is 0.752. The number of hydrogen-bond acceptors (Lipinski definition) is 1. The van der Waals surface area contributed by atoms with Crippen molar-refractivity contribution in [1.82, 2.24) is 0 Å². The topological polar surface area (TPSA) is 26.0 Å². The summed E-state index contributed by atoms with van der Waals surface area (Å²) in [5, 5.41) is 0. The van der Waals surface area contributed by atoms with E-state index in [1.165, 1.54) is 12.8 Å². The third-order valence-electron chi connectivity index (χ3n) is 1.64. The molecule has 0 amide bonds. The molecule has 0 bridgehead atoms. The second-order valence-corrected chi connectivity index (χ2v) is 3.14. The van der Waals surface area contributed by atoms with Gasteiger partial charge >= 0.3 is 0 Å². The molecule has 0 fully saturated rings. The van der Waals surface area contributed by atoms with E-state index < -0.39 is 0 Å². The van der Waals surface area contributed by atoms with E-state index in [9.17, 15) is 0 Å². The molecule has 9 heavy (non-hydrogen) atoms. The highest BCUT2D eigenvalue weighted by atomic mass is 14.6. The van der Waals surface area contributed by atoms with Gasteiger partial charge in [0.1, 0.15) is 0 Å². The molecule has 1 heteroatoms. The Morgan fingerprint density at radius 3 is 2.11 bits per heavy atom. The first-order valence-electron chi connectivity index (χ1n) is 3.92. The van der Waals surface area contributed by atoms with Crippen LogP contribution in [0.1, 0.15) is 40.0 Å². The van der Waals surface area contributed by atoms with E-state index >= 15 is 0 Å². The molecule has 56 valence electrons. The predicted octanol–water partition coefficient (Wildman–Crippen LogP) is 2.16. The predicted molar refractivity (Wildman–Crippen MR) is 42.3 cm³/mol. The van der Waals surface area contributed by atoms with Gasteiger partial charge in [0.15, 0.2) is 0 Å². The van der Waals surface area contributed by atoms with Crippen LogP contribution in [0.4, 0.5) is 0 Å². The van der Waals surface area contributed by atoms with Crippen molar-refractivity contribution in [3.63, 3.8) is 0 Å². The van der Waals surface area contributed by atoms with Crippen molar-refractivity contribution < 1.29 is 0 Å². The maximum absolute atomic E-state index is 5.72.